The van der Waals surface area contributed by atoms with E-state index in [0.717, 1.165) is 12.1 Å². The maximum absolute atomic E-state index is 13.3. The highest BCUT2D eigenvalue weighted by molar-refractivity contribution is 7.89. The summed E-state index contributed by atoms with van der Waals surface area (Å²) in [6, 6.07) is 2.74. The molecule has 2 rings (SSSR count). The fourth-order valence-electron chi connectivity index (χ4n) is 2.50. The largest absolute Gasteiger partial charge is 0.418 e. The molecule has 2 N–H and O–H groups in total. The van der Waals surface area contributed by atoms with Crippen LogP contribution in [0.5, 0.6) is 0 Å². The Kier molecular flexibility index (Phi) is 4.69. The highest BCUT2D eigenvalue weighted by Crippen LogP contribution is 2.38. The number of nitrogens with two attached hydrogens (primary N) is 1. The van der Waals surface area contributed by atoms with Crippen molar-refractivity contribution in [1.82, 2.24) is 0 Å². The van der Waals surface area contributed by atoms with Gasteiger partial charge >= 0.3 is 6.18 Å². The molecule has 1 saturated heterocycles. The highest BCUT2D eigenvalue weighted by Gasteiger charge is 2.36. The van der Waals surface area contributed by atoms with Crippen LogP contribution in [0.25, 0.3) is 0 Å². The van der Waals surface area contributed by atoms with Gasteiger partial charge in [0.2, 0.25) is 10.0 Å². The van der Waals surface area contributed by atoms with E-state index < -0.39 is 26.7 Å². The third kappa shape index (κ3) is 3.71. The third-order valence-electron chi connectivity index (χ3n) is 3.72. The second-order valence-corrected chi connectivity index (χ2v) is 6.74. The number of halogens is 3. The van der Waals surface area contributed by atoms with E-state index in [4.69, 9.17) is 9.88 Å². The summed E-state index contributed by atoms with van der Waals surface area (Å²) in [5.41, 5.74) is -1.07. The molecule has 0 bridgehead atoms. The number of hydrogen-bond acceptors (Lipinski definition) is 4. The molecule has 5 nitrogen and oxygen atoms in total. The average Bonchev–Trinajstić information content (AvgIpc) is 2.45. The molecule has 0 spiro atoms. The van der Waals surface area contributed by atoms with Crippen LogP contribution >= 0.6 is 0 Å². The van der Waals surface area contributed by atoms with E-state index in [0.29, 0.717) is 32.1 Å². The molecule has 1 aromatic carbocycles. The van der Waals surface area contributed by atoms with Crippen LogP contribution in [0.2, 0.25) is 0 Å². The van der Waals surface area contributed by atoms with Gasteiger partial charge in [0, 0.05) is 32.0 Å². The van der Waals surface area contributed by atoms with Crippen molar-refractivity contribution in [2.75, 3.05) is 25.2 Å². The molecule has 0 saturated carbocycles. The van der Waals surface area contributed by atoms with Crippen molar-refractivity contribution in [3.05, 3.63) is 23.8 Å². The van der Waals surface area contributed by atoms with Gasteiger partial charge in [0.25, 0.3) is 0 Å². The van der Waals surface area contributed by atoms with Gasteiger partial charge in [-0.25, -0.2) is 13.6 Å². The Hall–Kier alpha value is -1.32. The van der Waals surface area contributed by atoms with E-state index in [1.54, 1.807) is 7.05 Å². The molecule has 22 heavy (non-hydrogen) atoms. The SMILES string of the molecule is CN(c1ccc(S(N)(=O)=O)cc1C(F)(F)F)C1CCOCC1. The van der Waals surface area contributed by atoms with Gasteiger partial charge in [-0.3, -0.25) is 0 Å². The van der Waals surface area contributed by atoms with E-state index in [9.17, 15) is 21.6 Å². The van der Waals surface area contributed by atoms with Crippen LogP contribution in [0, 0.1) is 0 Å². The number of ether oxygens (including phenoxy) is 1. The smallest absolute Gasteiger partial charge is 0.381 e. The van der Waals surface area contributed by atoms with Gasteiger partial charge in [0.05, 0.1) is 10.5 Å². The topological polar surface area (TPSA) is 72.6 Å². The maximum Gasteiger partial charge on any atom is 0.418 e. The molecule has 0 radical (unpaired) electrons. The summed E-state index contributed by atoms with van der Waals surface area (Å²) in [7, 11) is -2.62. The average molecular weight is 338 g/mol. The Morgan fingerprint density at radius 3 is 2.36 bits per heavy atom. The third-order valence-corrected chi connectivity index (χ3v) is 4.63. The number of benzene rings is 1. The van der Waals surface area contributed by atoms with Crippen molar-refractivity contribution < 1.29 is 26.3 Å². The Labute approximate surface area is 126 Å². The molecule has 1 aromatic rings. The fourth-order valence-corrected chi connectivity index (χ4v) is 3.04. The van der Waals surface area contributed by atoms with Crippen LogP contribution in [0.4, 0.5) is 18.9 Å². The number of alkyl halides is 3. The second kappa shape index (κ2) is 6.05. The summed E-state index contributed by atoms with van der Waals surface area (Å²) in [5, 5.41) is 4.91. The van der Waals surface area contributed by atoms with Gasteiger partial charge in [-0.15, -0.1) is 0 Å². The Balaban J connectivity index is 2.46. The number of rotatable bonds is 3. The van der Waals surface area contributed by atoms with Crippen LogP contribution in [0.1, 0.15) is 18.4 Å². The molecule has 1 heterocycles. The standard InChI is InChI=1S/C13H17F3N2O3S/c1-18(9-4-6-21-7-5-9)12-3-2-10(22(17,19)20)8-11(12)13(14,15)16/h2-3,8-9H,4-7H2,1H3,(H2,17,19,20). The molecule has 1 fully saturated rings. The quantitative estimate of drug-likeness (QED) is 0.914. The van der Waals surface area contributed by atoms with E-state index in [-0.39, 0.29) is 11.7 Å². The second-order valence-electron chi connectivity index (χ2n) is 5.18. The lowest BCUT2D eigenvalue weighted by Crippen LogP contribution is -2.37. The van der Waals surface area contributed by atoms with Crippen LogP contribution in [-0.2, 0) is 20.9 Å². The summed E-state index contributed by atoms with van der Waals surface area (Å²) in [4.78, 5) is 0.974. The van der Waals surface area contributed by atoms with E-state index in [2.05, 4.69) is 0 Å². The van der Waals surface area contributed by atoms with Gasteiger partial charge in [0.15, 0.2) is 0 Å². The Morgan fingerprint density at radius 1 is 1.27 bits per heavy atom. The molecule has 0 aliphatic carbocycles. The van der Waals surface area contributed by atoms with Crippen molar-refractivity contribution in [3.8, 4) is 0 Å². The van der Waals surface area contributed by atoms with Crippen LogP contribution in [0.15, 0.2) is 23.1 Å². The minimum Gasteiger partial charge on any atom is -0.381 e. The van der Waals surface area contributed by atoms with Gasteiger partial charge < -0.3 is 9.64 Å². The number of sulfonamides is 1. The molecular weight excluding hydrogens is 321 g/mol. The zero-order valence-corrected chi connectivity index (χ0v) is 12.7. The molecule has 0 unspecified atom stereocenters. The molecule has 9 heteroatoms. The molecule has 1 aliphatic heterocycles. The van der Waals surface area contributed by atoms with Crippen molar-refractivity contribution in [2.45, 2.75) is 30.0 Å². The maximum atomic E-state index is 13.3. The van der Waals surface area contributed by atoms with Crippen molar-refractivity contribution in [3.63, 3.8) is 0 Å². The Morgan fingerprint density at radius 2 is 1.86 bits per heavy atom. The first-order valence-corrected chi connectivity index (χ1v) is 8.20. The lowest BCUT2D eigenvalue weighted by molar-refractivity contribution is -0.137. The van der Waals surface area contributed by atoms with Crippen molar-refractivity contribution in [2.24, 2.45) is 5.14 Å². The van der Waals surface area contributed by atoms with Crippen molar-refractivity contribution in [1.29, 1.82) is 0 Å². The summed E-state index contributed by atoms with van der Waals surface area (Å²) in [6.07, 6.45) is -3.44. The van der Waals surface area contributed by atoms with Crippen LogP contribution in [0.3, 0.4) is 0 Å². The zero-order valence-electron chi connectivity index (χ0n) is 11.9. The molecule has 0 atom stereocenters. The zero-order chi connectivity index (χ0) is 16.5. The lowest BCUT2D eigenvalue weighted by Gasteiger charge is -2.34. The monoisotopic (exact) mass is 338 g/mol. The minimum absolute atomic E-state index is 0.0631. The molecule has 124 valence electrons. The van der Waals surface area contributed by atoms with Gasteiger partial charge in [-0.1, -0.05) is 0 Å². The predicted octanol–water partition coefficient (Wildman–Crippen LogP) is 1.97. The van der Waals surface area contributed by atoms with Crippen molar-refractivity contribution >= 4 is 15.7 Å². The summed E-state index contributed by atoms with van der Waals surface area (Å²) in [6.45, 7) is 0.983. The minimum atomic E-state index is -4.67. The number of nitrogens with zero attached hydrogens (tertiary/aromatic N) is 1. The first-order chi connectivity index (χ1) is 10.1. The highest BCUT2D eigenvalue weighted by atomic mass is 32.2. The molecule has 0 amide bonds. The number of anilines is 1. The first kappa shape index (κ1) is 17.0. The van der Waals surface area contributed by atoms with Crippen LogP contribution in [-0.4, -0.2) is 34.7 Å². The Bertz CT molecular complexity index is 640. The fraction of sp³-hybridized carbons (Fsp3) is 0.538. The van der Waals surface area contributed by atoms with Crippen LogP contribution < -0.4 is 10.0 Å². The predicted molar refractivity (Wildman–Crippen MR) is 75.1 cm³/mol. The molecule has 1 aliphatic rings. The molecule has 0 aromatic heterocycles. The lowest BCUT2D eigenvalue weighted by atomic mass is 10.0. The van der Waals surface area contributed by atoms with E-state index >= 15 is 0 Å². The number of hydrogen-bond donors (Lipinski definition) is 1. The summed E-state index contributed by atoms with van der Waals surface area (Å²) < 4.78 is 67.5. The van der Waals surface area contributed by atoms with E-state index in [1.807, 2.05) is 0 Å². The van der Waals surface area contributed by atoms with Gasteiger partial charge in [-0.05, 0) is 31.0 Å². The van der Waals surface area contributed by atoms with Gasteiger partial charge in [0.1, 0.15) is 0 Å². The molecular formula is C13H17F3N2O3S. The number of primary sulfonamides is 1. The van der Waals surface area contributed by atoms with E-state index in [1.165, 1.54) is 4.90 Å². The summed E-state index contributed by atoms with van der Waals surface area (Å²) in [5.74, 6) is 0. The normalized spacial score (nSPS) is 17.5. The van der Waals surface area contributed by atoms with Gasteiger partial charge in [-0.2, -0.15) is 13.2 Å². The summed E-state index contributed by atoms with van der Waals surface area (Å²) >= 11 is 0. The first-order valence-electron chi connectivity index (χ1n) is 6.65.